The number of β-amino-alcohol motifs (C(OH)–C–C–N with tert-alkyl or cyclic N) is 1. The highest BCUT2D eigenvalue weighted by Crippen LogP contribution is 2.15. The molecular formula is C18H27N3O3. The normalized spacial score (nSPS) is 19.2. The molecule has 1 aromatic rings. The Morgan fingerprint density at radius 1 is 1.25 bits per heavy atom. The number of carbonyl (C=O) groups excluding carboxylic acids is 2. The van der Waals surface area contributed by atoms with E-state index in [1.807, 2.05) is 56.1 Å². The Bertz CT molecular complexity index is 562. The fourth-order valence-corrected chi connectivity index (χ4v) is 2.97. The van der Waals surface area contributed by atoms with Crippen molar-refractivity contribution in [2.24, 2.45) is 5.92 Å². The molecule has 1 aliphatic rings. The van der Waals surface area contributed by atoms with Crippen molar-refractivity contribution in [3.63, 3.8) is 0 Å². The predicted octanol–water partition coefficient (Wildman–Crippen LogP) is 1.45. The van der Waals surface area contributed by atoms with Gasteiger partial charge in [-0.05, 0) is 24.9 Å². The van der Waals surface area contributed by atoms with Gasteiger partial charge in [0.1, 0.15) is 6.04 Å². The minimum atomic E-state index is -0.772. The predicted molar refractivity (Wildman–Crippen MR) is 92.3 cm³/mol. The summed E-state index contributed by atoms with van der Waals surface area (Å²) >= 11 is 0. The molecule has 2 unspecified atom stereocenters. The molecule has 1 saturated heterocycles. The first-order chi connectivity index (χ1) is 11.4. The lowest BCUT2D eigenvalue weighted by molar-refractivity contribution is -0.128. The smallest absolute Gasteiger partial charge is 0.324 e. The summed E-state index contributed by atoms with van der Waals surface area (Å²) in [6.45, 7) is 5.14. The van der Waals surface area contributed by atoms with Crippen LogP contribution >= 0.6 is 0 Å². The van der Waals surface area contributed by atoms with Crippen molar-refractivity contribution in [2.45, 2.75) is 39.0 Å². The zero-order valence-electron chi connectivity index (χ0n) is 14.6. The molecule has 0 aliphatic carbocycles. The number of carbonyl (C=O) groups is 2. The molecule has 2 atom stereocenters. The van der Waals surface area contributed by atoms with E-state index >= 15 is 0 Å². The number of aliphatic hydroxyl groups excluding tert-OH is 1. The van der Waals surface area contributed by atoms with E-state index in [1.54, 1.807) is 0 Å². The van der Waals surface area contributed by atoms with E-state index in [0.29, 0.717) is 25.4 Å². The van der Waals surface area contributed by atoms with Crippen molar-refractivity contribution >= 4 is 11.9 Å². The molecule has 132 valence electrons. The van der Waals surface area contributed by atoms with Gasteiger partial charge in [-0.2, -0.15) is 0 Å². The van der Waals surface area contributed by atoms with Crippen LogP contribution in [0, 0.1) is 5.92 Å². The zero-order valence-corrected chi connectivity index (χ0v) is 14.6. The molecule has 6 heteroatoms. The third-order valence-corrected chi connectivity index (χ3v) is 4.03. The van der Waals surface area contributed by atoms with Gasteiger partial charge in [0, 0.05) is 13.1 Å². The van der Waals surface area contributed by atoms with Crippen molar-refractivity contribution in [3.8, 4) is 0 Å². The molecule has 1 heterocycles. The van der Waals surface area contributed by atoms with Crippen molar-refractivity contribution < 1.29 is 14.7 Å². The number of amides is 3. The van der Waals surface area contributed by atoms with Gasteiger partial charge in [0.2, 0.25) is 0 Å². The third kappa shape index (κ3) is 5.04. The molecule has 2 N–H and O–H groups in total. The van der Waals surface area contributed by atoms with Gasteiger partial charge in [-0.1, -0.05) is 44.2 Å². The molecule has 1 aromatic carbocycles. The highest BCUT2D eigenvalue weighted by Gasteiger charge is 2.38. The number of aliphatic hydroxyl groups is 1. The summed E-state index contributed by atoms with van der Waals surface area (Å²) in [7, 11) is 1.91. The standard InChI is InChI=1S/C18H27N3O3/c1-13(2)9-16-17(23)21(18(24)19-16)12-15(22)11-20(3)10-14-7-5-4-6-8-14/h4-8,13,15-16,22H,9-12H2,1-3H3,(H,19,24). The first-order valence-electron chi connectivity index (χ1n) is 8.39. The molecule has 1 fully saturated rings. The molecule has 1 aliphatic heterocycles. The largest absolute Gasteiger partial charge is 0.390 e. The molecule has 0 aromatic heterocycles. The molecule has 6 nitrogen and oxygen atoms in total. The van der Waals surface area contributed by atoms with E-state index in [4.69, 9.17) is 0 Å². The number of hydrogen-bond donors (Lipinski definition) is 2. The molecule has 0 radical (unpaired) electrons. The minimum absolute atomic E-state index is 0.0262. The molecule has 0 saturated carbocycles. The third-order valence-electron chi connectivity index (χ3n) is 4.03. The second-order valence-corrected chi connectivity index (χ2v) is 6.92. The summed E-state index contributed by atoms with van der Waals surface area (Å²) in [5.41, 5.74) is 1.15. The van der Waals surface area contributed by atoms with Gasteiger partial charge in [0.25, 0.3) is 5.91 Å². The van der Waals surface area contributed by atoms with Gasteiger partial charge in [-0.15, -0.1) is 0 Å². The Morgan fingerprint density at radius 3 is 2.54 bits per heavy atom. The second-order valence-electron chi connectivity index (χ2n) is 6.92. The lowest BCUT2D eigenvalue weighted by atomic mass is 10.0. The maximum Gasteiger partial charge on any atom is 0.324 e. The fourth-order valence-electron chi connectivity index (χ4n) is 2.97. The van der Waals surface area contributed by atoms with Gasteiger partial charge >= 0.3 is 6.03 Å². The van der Waals surface area contributed by atoms with Crippen LogP contribution in [0.1, 0.15) is 25.8 Å². The summed E-state index contributed by atoms with van der Waals surface area (Å²) in [6, 6.07) is 9.09. The van der Waals surface area contributed by atoms with Gasteiger partial charge < -0.3 is 10.4 Å². The Labute approximate surface area is 143 Å². The lowest BCUT2D eigenvalue weighted by Crippen LogP contribution is -2.42. The van der Waals surface area contributed by atoms with Gasteiger partial charge in [-0.3, -0.25) is 14.6 Å². The maximum atomic E-state index is 12.3. The van der Waals surface area contributed by atoms with Crippen molar-refractivity contribution in [3.05, 3.63) is 35.9 Å². The van der Waals surface area contributed by atoms with Crippen molar-refractivity contribution in [1.82, 2.24) is 15.1 Å². The summed E-state index contributed by atoms with van der Waals surface area (Å²) in [6.07, 6.45) is -0.156. The number of benzene rings is 1. The minimum Gasteiger partial charge on any atom is -0.390 e. The van der Waals surface area contributed by atoms with E-state index in [-0.39, 0.29) is 12.5 Å². The number of urea groups is 1. The van der Waals surface area contributed by atoms with Crippen molar-refractivity contribution in [2.75, 3.05) is 20.1 Å². The highest BCUT2D eigenvalue weighted by atomic mass is 16.3. The number of nitrogens with zero attached hydrogens (tertiary/aromatic N) is 2. The number of hydrogen-bond acceptors (Lipinski definition) is 4. The summed E-state index contributed by atoms with van der Waals surface area (Å²) in [5, 5.41) is 12.9. The SMILES string of the molecule is CC(C)CC1NC(=O)N(CC(O)CN(C)Cc2ccccc2)C1=O. The average Bonchev–Trinajstić information content (AvgIpc) is 2.75. The Kier molecular flexibility index (Phi) is 6.34. The van der Waals surface area contributed by atoms with Crippen LogP contribution in [-0.2, 0) is 11.3 Å². The van der Waals surface area contributed by atoms with Gasteiger partial charge in [0.05, 0.1) is 12.6 Å². The van der Waals surface area contributed by atoms with Crippen molar-refractivity contribution in [1.29, 1.82) is 0 Å². The molecular weight excluding hydrogens is 306 g/mol. The Morgan fingerprint density at radius 2 is 1.92 bits per heavy atom. The number of likely N-dealkylation sites (N-methyl/N-ethyl adjacent to an activating group) is 1. The van der Waals surface area contributed by atoms with Crippen LogP contribution in [-0.4, -0.2) is 59.1 Å². The fraction of sp³-hybridized carbons (Fsp3) is 0.556. The summed E-state index contributed by atoms with van der Waals surface area (Å²) in [4.78, 5) is 27.3. The molecule has 24 heavy (non-hydrogen) atoms. The molecule has 0 spiro atoms. The van der Waals surface area contributed by atoms with Crippen LogP contribution in [0.2, 0.25) is 0 Å². The van der Waals surface area contributed by atoms with E-state index in [2.05, 4.69) is 5.32 Å². The zero-order chi connectivity index (χ0) is 17.7. The summed E-state index contributed by atoms with van der Waals surface area (Å²) in [5.74, 6) is 0.0830. The second kappa shape index (κ2) is 8.26. The van der Waals surface area contributed by atoms with Gasteiger partial charge in [0.15, 0.2) is 0 Å². The topological polar surface area (TPSA) is 72.9 Å². The monoisotopic (exact) mass is 333 g/mol. The summed E-state index contributed by atoms with van der Waals surface area (Å²) < 4.78 is 0. The van der Waals surface area contributed by atoms with Crippen LogP contribution < -0.4 is 5.32 Å². The number of nitrogens with one attached hydrogen (secondary N) is 1. The molecule has 3 amide bonds. The van der Waals surface area contributed by atoms with E-state index in [0.717, 1.165) is 10.5 Å². The number of rotatable bonds is 8. The average molecular weight is 333 g/mol. The molecule has 2 rings (SSSR count). The van der Waals surface area contributed by atoms with Crippen LogP contribution in [0.15, 0.2) is 30.3 Å². The van der Waals surface area contributed by atoms with Gasteiger partial charge in [-0.25, -0.2) is 4.79 Å². The van der Waals surface area contributed by atoms with E-state index in [9.17, 15) is 14.7 Å². The Balaban J connectivity index is 1.84. The van der Waals surface area contributed by atoms with Crippen LogP contribution in [0.5, 0.6) is 0 Å². The van der Waals surface area contributed by atoms with E-state index < -0.39 is 18.2 Å². The van der Waals surface area contributed by atoms with Crippen LogP contribution in [0.4, 0.5) is 4.79 Å². The quantitative estimate of drug-likeness (QED) is 0.706. The molecule has 0 bridgehead atoms. The van der Waals surface area contributed by atoms with Crippen LogP contribution in [0.3, 0.4) is 0 Å². The van der Waals surface area contributed by atoms with E-state index in [1.165, 1.54) is 0 Å². The number of imide groups is 1. The lowest BCUT2D eigenvalue weighted by Gasteiger charge is -2.23. The highest BCUT2D eigenvalue weighted by molar-refractivity contribution is 6.04. The Hall–Kier alpha value is -1.92. The first-order valence-corrected chi connectivity index (χ1v) is 8.39. The maximum absolute atomic E-state index is 12.3. The van der Waals surface area contributed by atoms with Crippen LogP contribution in [0.25, 0.3) is 0 Å². The first kappa shape index (κ1) is 18.4.